The van der Waals surface area contributed by atoms with Gasteiger partial charge < -0.3 is 15.5 Å². The average Bonchev–Trinajstić information content (AvgIpc) is 3.01. The first kappa shape index (κ1) is 21.5. The van der Waals surface area contributed by atoms with E-state index in [1.54, 1.807) is 0 Å². The van der Waals surface area contributed by atoms with Crippen molar-refractivity contribution in [2.24, 2.45) is 4.99 Å². The molecule has 0 radical (unpaired) electrons. The van der Waals surface area contributed by atoms with E-state index in [4.69, 9.17) is 0 Å². The van der Waals surface area contributed by atoms with Crippen LogP contribution in [0, 0.1) is 0 Å². The summed E-state index contributed by atoms with van der Waals surface area (Å²) in [6.07, 6.45) is 0.113. The van der Waals surface area contributed by atoms with E-state index in [0.717, 1.165) is 48.9 Å². The van der Waals surface area contributed by atoms with E-state index in [1.807, 2.05) is 11.8 Å². The molecule has 1 aromatic heterocycles. The Morgan fingerprint density at radius 1 is 1.33 bits per heavy atom. The van der Waals surface area contributed by atoms with Gasteiger partial charge in [-0.1, -0.05) is 6.42 Å². The first-order valence-corrected chi connectivity index (χ1v) is 10.1. The Balaban J connectivity index is 1.79. The molecule has 1 aliphatic heterocycles. The van der Waals surface area contributed by atoms with Crippen LogP contribution in [-0.2, 0) is 17.5 Å². The Kier molecular flexibility index (Phi) is 8.33. The van der Waals surface area contributed by atoms with Crippen LogP contribution in [0.2, 0.25) is 0 Å². The van der Waals surface area contributed by atoms with E-state index in [9.17, 15) is 18.0 Å². The number of hydrogen-bond acceptors (Lipinski definition) is 4. The van der Waals surface area contributed by atoms with Crippen LogP contribution in [0.5, 0.6) is 0 Å². The van der Waals surface area contributed by atoms with Crippen molar-refractivity contribution < 1.29 is 18.0 Å². The molecule has 27 heavy (non-hydrogen) atoms. The van der Waals surface area contributed by atoms with Gasteiger partial charge in [-0.25, -0.2) is 9.98 Å². The van der Waals surface area contributed by atoms with Gasteiger partial charge in [-0.2, -0.15) is 13.2 Å². The maximum absolute atomic E-state index is 12.6. The quantitative estimate of drug-likeness (QED) is 0.416. The fourth-order valence-corrected chi connectivity index (χ4v) is 3.48. The molecule has 1 amide bonds. The SMILES string of the molecule is CCNC(=NCc1nc(C(F)(F)F)cs1)NCCCN1CCCCCC1=O. The van der Waals surface area contributed by atoms with Crippen molar-refractivity contribution in [3.8, 4) is 0 Å². The molecule has 0 saturated carbocycles. The third kappa shape index (κ3) is 7.36. The third-order valence-corrected chi connectivity index (χ3v) is 4.96. The first-order valence-electron chi connectivity index (χ1n) is 9.21. The number of aliphatic imine (C=N–C) groups is 1. The van der Waals surface area contributed by atoms with Gasteiger partial charge >= 0.3 is 6.18 Å². The fraction of sp³-hybridized carbons (Fsp3) is 0.706. The molecule has 1 saturated heterocycles. The second kappa shape index (κ2) is 10.5. The summed E-state index contributed by atoms with van der Waals surface area (Å²) in [6.45, 7) is 4.79. The molecule has 2 rings (SSSR count). The average molecular weight is 405 g/mol. The lowest BCUT2D eigenvalue weighted by Crippen LogP contribution is -2.39. The van der Waals surface area contributed by atoms with Crippen LogP contribution in [-0.4, -0.2) is 47.9 Å². The Bertz CT molecular complexity index is 632. The number of guanidine groups is 1. The molecule has 0 atom stereocenters. The number of carbonyl (C=O) groups is 1. The van der Waals surface area contributed by atoms with Gasteiger partial charge in [-0.3, -0.25) is 4.79 Å². The van der Waals surface area contributed by atoms with Crippen LogP contribution >= 0.6 is 11.3 Å². The number of hydrogen-bond donors (Lipinski definition) is 2. The van der Waals surface area contributed by atoms with Crippen LogP contribution in [0.4, 0.5) is 13.2 Å². The van der Waals surface area contributed by atoms with E-state index < -0.39 is 11.9 Å². The summed E-state index contributed by atoms with van der Waals surface area (Å²) in [6, 6.07) is 0. The Morgan fingerprint density at radius 3 is 2.85 bits per heavy atom. The molecule has 0 aliphatic carbocycles. The zero-order valence-corrected chi connectivity index (χ0v) is 16.3. The summed E-state index contributed by atoms with van der Waals surface area (Å²) in [5.41, 5.74) is -0.877. The highest BCUT2D eigenvalue weighted by Gasteiger charge is 2.33. The summed E-state index contributed by atoms with van der Waals surface area (Å²) in [7, 11) is 0. The molecule has 10 heteroatoms. The third-order valence-electron chi connectivity index (χ3n) is 4.13. The molecule has 152 valence electrons. The van der Waals surface area contributed by atoms with Gasteiger partial charge in [-0.15, -0.1) is 11.3 Å². The number of aromatic nitrogens is 1. The number of thiazole rings is 1. The number of nitrogens with zero attached hydrogens (tertiary/aromatic N) is 3. The van der Waals surface area contributed by atoms with Gasteiger partial charge in [0, 0.05) is 38.0 Å². The first-order chi connectivity index (χ1) is 12.9. The molecule has 2 heterocycles. The monoisotopic (exact) mass is 405 g/mol. The lowest BCUT2D eigenvalue weighted by Gasteiger charge is -2.20. The Labute approximate surface area is 161 Å². The summed E-state index contributed by atoms with van der Waals surface area (Å²) in [4.78, 5) is 21.7. The highest BCUT2D eigenvalue weighted by Crippen LogP contribution is 2.30. The predicted octanol–water partition coefficient (Wildman–Crippen LogP) is 3.01. The fourth-order valence-electron chi connectivity index (χ4n) is 2.75. The normalized spacial score (nSPS) is 16.4. The van der Waals surface area contributed by atoms with Gasteiger partial charge in [0.25, 0.3) is 0 Å². The van der Waals surface area contributed by atoms with Gasteiger partial charge in [0.15, 0.2) is 11.7 Å². The number of amides is 1. The van der Waals surface area contributed by atoms with Crippen molar-refractivity contribution in [1.29, 1.82) is 0 Å². The van der Waals surface area contributed by atoms with Gasteiger partial charge in [0.2, 0.25) is 5.91 Å². The van der Waals surface area contributed by atoms with E-state index in [0.29, 0.717) is 37.0 Å². The zero-order chi connectivity index (χ0) is 19.7. The largest absolute Gasteiger partial charge is 0.434 e. The minimum absolute atomic E-state index is 0.0840. The molecule has 2 N–H and O–H groups in total. The Hall–Kier alpha value is -1.84. The van der Waals surface area contributed by atoms with Crippen LogP contribution in [0.25, 0.3) is 0 Å². The summed E-state index contributed by atoms with van der Waals surface area (Å²) in [5, 5.41) is 7.53. The number of halogens is 3. The maximum Gasteiger partial charge on any atom is 0.434 e. The highest BCUT2D eigenvalue weighted by molar-refractivity contribution is 7.09. The molecule has 0 spiro atoms. The minimum Gasteiger partial charge on any atom is -0.357 e. The molecule has 0 bridgehead atoms. The lowest BCUT2D eigenvalue weighted by atomic mass is 10.2. The van der Waals surface area contributed by atoms with E-state index >= 15 is 0 Å². The van der Waals surface area contributed by atoms with Crippen molar-refractivity contribution in [2.45, 2.75) is 51.7 Å². The number of alkyl halides is 3. The minimum atomic E-state index is -4.42. The molecular weight excluding hydrogens is 379 g/mol. The van der Waals surface area contributed by atoms with Crippen molar-refractivity contribution in [3.05, 3.63) is 16.1 Å². The van der Waals surface area contributed by atoms with Crippen molar-refractivity contribution in [1.82, 2.24) is 20.5 Å². The summed E-state index contributed by atoms with van der Waals surface area (Å²) < 4.78 is 37.8. The number of rotatable bonds is 7. The maximum atomic E-state index is 12.6. The molecule has 1 aliphatic rings. The van der Waals surface area contributed by atoms with Crippen molar-refractivity contribution in [2.75, 3.05) is 26.2 Å². The van der Waals surface area contributed by atoms with Crippen molar-refractivity contribution in [3.63, 3.8) is 0 Å². The highest BCUT2D eigenvalue weighted by atomic mass is 32.1. The van der Waals surface area contributed by atoms with Crippen LogP contribution in [0.1, 0.15) is 49.7 Å². The van der Waals surface area contributed by atoms with Crippen LogP contribution in [0.15, 0.2) is 10.4 Å². The van der Waals surface area contributed by atoms with E-state index in [2.05, 4.69) is 20.6 Å². The van der Waals surface area contributed by atoms with Gasteiger partial charge in [0.1, 0.15) is 5.01 Å². The second-order valence-corrected chi connectivity index (χ2v) is 7.23. The van der Waals surface area contributed by atoms with Crippen LogP contribution < -0.4 is 10.6 Å². The van der Waals surface area contributed by atoms with E-state index in [-0.39, 0.29) is 12.5 Å². The van der Waals surface area contributed by atoms with Crippen molar-refractivity contribution >= 4 is 23.2 Å². The smallest absolute Gasteiger partial charge is 0.357 e. The molecule has 0 aromatic carbocycles. The van der Waals surface area contributed by atoms with E-state index in [1.165, 1.54) is 0 Å². The summed E-state index contributed by atoms with van der Waals surface area (Å²) in [5.74, 6) is 0.751. The molecule has 1 fully saturated rings. The number of carbonyl (C=O) groups excluding carboxylic acids is 1. The Morgan fingerprint density at radius 2 is 2.15 bits per heavy atom. The zero-order valence-electron chi connectivity index (χ0n) is 15.4. The standard InChI is InChI=1S/C17H26F3N5OS/c1-2-21-16(23-11-14-24-13(12-27-14)17(18,19)20)22-8-6-10-25-9-5-3-4-7-15(25)26/h12H,2-11H2,1H3,(H2,21,22,23). The number of nitrogens with one attached hydrogen (secondary N) is 2. The lowest BCUT2D eigenvalue weighted by molar-refractivity contribution is -0.140. The number of likely N-dealkylation sites (tertiary alicyclic amines) is 1. The molecular formula is C17H26F3N5OS. The molecule has 0 unspecified atom stereocenters. The molecule has 1 aromatic rings. The van der Waals surface area contributed by atoms with Crippen LogP contribution in [0.3, 0.4) is 0 Å². The topological polar surface area (TPSA) is 69.6 Å². The molecule has 6 nitrogen and oxygen atoms in total. The second-order valence-electron chi connectivity index (χ2n) is 6.29. The van der Waals surface area contributed by atoms with Gasteiger partial charge in [0.05, 0.1) is 6.54 Å². The summed E-state index contributed by atoms with van der Waals surface area (Å²) >= 11 is 0.948. The van der Waals surface area contributed by atoms with Gasteiger partial charge in [-0.05, 0) is 26.2 Å². The predicted molar refractivity (Wildman–Crippen MR) is 99.6 cm³/mol.